The fourth-order valence-corrected chi connectivity index (χ4v) is 3.35. The Kier molecular flexibility index (Phi) is 4.29. The third kappa shape index (κ3) is 4.10. The SMILES string of the molecule is C=C(Cl)CS(=O)(=O)NC(=O)c1sc(C)nc1C. The van der Waals surface area contributed by atoms with Crippen LogP contribution in [0.1, 0.15) is 20.4 Å². The average Bonchev–Trinajstić information content (AvgIpc) is 2.41. The van der Waals surface area contributed by atoms with Crippen molar-refractivity contribution in [3.05, 3.63) is 27.2 Å². The first kappa shape index (κ1) is 14.1. The molecule has 0 saturated carbocycles. The lowest BCUT2D eigenvalue weighted by molar-refractivity contribution is 0.0984. The van der Waals surface area contributed by atoms with E-state index in [4.69, 9.17) is 11.6 Å². The minimum absolute atomic E-state index is 0.0532. The molecular weight excluding hydrogens is 284 g/mol. The lowest BCUT2D eigenvalue weighted by Gasteiger charge is -2.04. The van der Waals surface area contributed by atoms with Crippen LogP contribution in [0.15, 0.2) is 11.6 Å². The number of nitrogens with zero attached hydrogens (tertiary/aromatic N) is 1. The fraction of sp³-hybridized carbons (Fsp3) is 0.333. The van der Waals surface area contributed by atoms with Crippen molar-refractivity contribution >= 4 is 38.9 Å². The fourth-order valence-electron chi connectivity index (χ4n) is 1.17. The third-order valence-electron chi connectivity index (χ3n) is 1.70. The van der Waals surface area contributed by atoms with Crippen molar-refractivity contribution in [2.24, 2.45) is 0 Å². The third-order valence-corrected chi connectivity index (χ3v) is 4.29. The molecule has 0 radical (unpaired) electrons. The van der Waals surface area contributed by atoms with Crippen LogP contribution in [0.3, 0.4) is 0 Å². The Hall–Kier alpha value is -0.920. The molecule has 1 aromatic heterocycles. The van der Waals surface area contributed by atoms with Crippen LogP contribution < -0.4 is 4.72 Å². The summed E-state index contributed by atoms with van der Waals surface area (Å²) in [5.41, 5.74) is 0.505. The van der Waals surface area contributed by atoms with Gasteiger partial charge in [0.05, 0.1) is 10.7 Å². The van der Waals surface area contributed by atoms with Crippen LogP contribution in [0.2, 0.25) is 0 Å². The zero-order valence-electron chi connectivity index (χ0n) is 9.28. The Morgan fingerprint density at radius 2 is 2.12 bits per heavy atom. The van der Waals surface area contributed by atoms with Gasteiger partial charge in [0.2, 0.25) is 10.0 Å². The molecule has 0 spiro atoms. The lowest BCUT2D eigenvalue weighted by atomic mass is 10.4. The van der Waals surface area contributed by atoms with Gasteiger partial charge in [0, 0.05) is 5.03 Å². The molecule has 0 aliphatic carbocycles. The molecule has 1 N–H and O–H groups in total. The molecule has 0 aromatic carbocycles. The molecule has 0 fully saturated rings. The second-order valence-electron chi connectivity index (χ2n) is 3.35. The predicted molar refractivity (Wildman–Crippen MR) is 67.8 cm³/mol. The van der Waals surface area contributed by atoms with E-state index in [1.807, 2.05) is 4.72 Å². The normalized spacial score (nSPS) is 11.2. The molecule has 8 heteroatoms. The van der Waals surface area contributed by atoms with Crippen molar-refractivity contribution in [3.63, 3.8) is 0 Å². The molecule has 94 valence electrons. The molecule has 0 atom stereocenters. The maximum Gasteiger partial charge on any atom is 0.276 e. The predicted octanol–water partition coefficient (Wildman–Crippen LogP) is 1.57. The molecule has 0 unspecified atom stereocenters. The Morgan fingerprint density at radius 1 is 1.53 bits per heavy atom. The molecule has 0 saturated heterocycles. The van der Waals surface area contributed by atoms with Gasteiger partial charge in [-0.05, 0) is 13.8 Å². The number of thiazole rings is 1. The highest BCUT2D eigenvalue weighted by molar-refractivity contribution is 7.90. The molecular formula is C9H11ClN2O3S2. The monoisotopic (exact) mass is 294 g/mol. The first-order valence-electron chi connectivity index (χ1n) is 4.53. The molecule has 1 heterocycles. The first-order chi connectivity index (χ1) is 7.71. The highest BCUT2D eigenvalue weighted by atomic mass is 35.5. The van der Waals surface area contributed by atoms with Gasteiger partial charge in [0.1, 0.15) is 10.6 Å². The number of amides is 1. The molecule has 17 heavy (non-hydrogen) atoms. The molecule has 0 bridgehead atoms. The number of carbonyl (C=O) groups excluding carboxylic acids is 1. The second-order valence-corrected chi connectivity index (χ2v) is 6.81. The first-order valence-corrected chi connectivity index (χ1v) is 7.38. The maximum absolute atomic E-state index is 11.7. The van der Waals surface area contributed by atoms with Crippen LogP contribution in [-0.2, 0) is 10.0 Å². The van der Waals surface area contributed by atoms with Crippen LogP contribution in [0.25, 0.3) is 0 Å². The Labute approximate surface area is 109 Å². The number of halogens is 1. The van der Waals surface area contributed by atoms with Gasteiger partial charge in [0.25, 0.3) is 5.91 Å². The van der Waals surface area contributed by atoms with E-state index in [0.717, 1.165) is 11.3 Å². The van der Waals surface area contributed by atoms with E-state index in [1.165, 1.54) is 0 Å². The zero-order valence-corrected chi connectivity index (χ0v) is 11.7. The molecule has 5 nitrogen and oxygen atoms in total. The summed E-state index contributed by atoms with van der Waals surface area (Å²) in [6, 6.07) is 0. The summed E-state index contributed by atoms with van der Waals surface area (Å²) in [6.07, 6.45) is 0. The number of nitrogens with one attached hydrogen (secondary N) is 1. The van der Waals surface area contributed by atoms with Crippen LogP contribution in [0.4, 0.5) is 0 Å². The van der Waals surface area contributed by atoms with Crippen LogP contribution in [0.5, 0.6) is 0 Å². The summed E-state index contributed by atoms with van der Waals surface area (Å²) in [5.74, 6) is -1.18. The highest BCUT2D eigenvalue weighted by Gasteiger charge is 2.20. The standard InChI is InChI=1S/C9H11ClN2O3S2/c1-5(10)4-17(14,15)12-9(13)8-6(2)11-7(3)16-8/h1,4H2,2-3H3,(H,12,13). The Balaban J connectivity index is 2.87. The van der Waals surface area contributed by atoms with Crippen molar-refractivity contribution in [2.75, 3.05) is 5.75 Å². The van der Waals surface area contributed by atoms with Crippen LogP contribution >= 0.6 is 22.9 Å². The number of hydrogen-bond donors (Lipinski definition) is 1. The van der Waals surface area contributed by atoms with Crippen molar-refractivity contribution in [3.8, 4) is 0 Å². The molecule has 1 aromatic rings. The summed E-state index contributed by atoms with van der Waals surface area (Å²) in [4.78, 5) is 16.0. The average molecular weight is 295 g/mol. The van der Waals surface area contributed by atoms with Crippen molar-refractivity contribution in [1.82, 2.24) is 9.71 Å². The number of rotatable bonds is 4. The van der Waals surface area contributed by atoms with Gasteiger partial charge in [-0.25, -0.2) is 18.1 Å². The maximum atomic E-state index is 11.7. The molecule has 1 amide bonds. The zero-order chi connectivity index (χ0) is 13.2. The number of sulfonamides is 1. The number of aromatic nitrogens is 1. The largest absolute Gasteiger partial charge is 0.276 e. The van der Waals surface area contributed by atoms with E-state index in [0.29, 0.717) is 10.7 Å². The Bertz CT molecular complexity index is 563. The summed E-state index contributed by atoms with van der Waals surface area (Å²) in [5, 5.41) is 0.648. The highest BCUT2D eigenvalue weighted by Crippen LogP contribution is 2.17. The Morgan fingerprint density at radius 3 is 2.53 bits per heavy atom. The van der Waals surface area contributed by atoms with E-state index in [2.05, 4.69) is 11.6 Å². The van der Waals surface area contributed by atoms with E-state index in [1.54, 1.807) is 13.8 Å². The van der Waals surface area contributed by atoms with Crippen LogP contribution in [-0.4, -0.2) is 25.1 Å². The molecule has 0 aliphatic heterocycles. The molecule has 1 rings (SSSR count). The topological polar surface area (TPSA) is 76.1 Å². The smallest absolute Gasteiger partial charge is 0.267 e. The summed E-state index contributed by atoms with van der Waals surface area (Å²) >= 11 is 6.53. The van der Waals surface area contributed by atoms with Gasteiger partial charge in [0.15, 0.2) is 0 Å². The number of carbonyl (C=O) groups is 1. The van der Waals surface area contributed by atoms with Gasteiger partial charge in [-0.15, -0.1) is 11.3 Å². The van der Waals surface area contributed by atoms with Crippen molar-refractivity contribution in [1.29, 1.82) is 0 Å². The minimum Gasteiger partial charge on any atom is -0.267 e. The number of hydrogen-bond acceptors (Lipinski definition) is 5. The summed E-state index contributed by atoms with van der Waals surface area (Å²) < 4.78 is 24.8. The number of aryl methyl sites for hydroxylation is 2. The van der Waals surface area contributed by atoms with Gasteiger partial charge in [-0.3, -0.25) is 4.79 Å². The molecule has 0 aliphatic rings. The van der Waals surface area contributed by atoms with Gasteiger partial charge in [-0.1, -0.05) is 18.2 Å². The van der Waals surface area contributed by atoms with Crippen molar-refractivity contribution in [2.45, 2.75) is 13.8 Å². The van der Waals surface area contributed by atoms with Gasteiger partial charge < -0.3 is 0 Å². The van der Waals surface area contributed by atoms with Crippen molar-refractivity contribution < 1.29 is 13.2 Å². The van der Waals surface area contributed by atoms with E-state index < -0.39 is 21.7 Å². The van der Waals surface area contributed by atoms with E-state index >= 15 is 0 Å². The quantitative estimate of drug-likeness (QED) is 0.914. The van der Waals surface area contributed by atoms with Gasteiger partial charge in [-0.2, -0.15) is 0 Å². The lowest BCUT2D eigenvalue weighted by Crippen LogP contribution is -2.32. The summed E-state index contributed by atoms with van der Waals surface area (Å²) in [7, 11) is -3.79. The second kappa shape index (κ2) is 5.16. The van der Waals surface area contributed by atoms with E-state index in [-0.39, 0.29) is 9.91 Å². The van der Waals surface area contributed by atoms with E-state index in [9.17, 15) is 13.2 Å². The summed E-state index contributed by atoms with van der Waals surface area (Å²) in [6.45, 7) is 6.65. The van der Waals surface area contributed by atoms with Gasteiger partial charge >= 0.3 is 0 Å². The van der Waals surface area contributed by atoms with Crippen LogP contribution in [0, 0.1) is 13.8 Å². The minimum atomic E-state index is -3.79.